The Hall–Kier alpha value is -0.390. The van der Waals surface area contributed by atoms with Gasteiger partial charge in [-0.1, -0.05) is 39.3 Å². The molecule has 5 heteroatoms. The van der Waals surface area contributed by atoms with Gasteiger partial charge in [-0.15, -0.1) is 0 Å². The van der Waals surface area contributed by atoms with E-state index in [1.54, 1.807) is 4.31 Å². The van der Waals surface area contributed by atoms with Gasteiger partial charge < -0.3 is 5.32 Å². The van der Waals surface area contributed by atoms with Crippen LogP contribution in [0.25, 0.3) is 0 Å². The van der Waals surface area contributed by atoms with Crippen molar-refractivity contribution in [1.29, 1.82) is 0 Å². The summed E-state index contributed by atoms with van der Waals surface area (Å²) in [5, 5.41) is 3.22. The number of sulfonamides is 1. The van der Waals surface area contributed by atoms with Crippen molar-refractivity contribution in [3.63, 3.8) is 0 Å². The zero-order chi connectivity index (χ0) is 15.2. The third-order valence-electron chi connectivity index (χ3n) is 3.78. The molecule has 0 spiro atoms. The lowest BCUT2D eigenvalue weighted by Gasteiger charge is -2.31. The van der Waals surface area contributed by atoms with Crippen molar-refractivity contribution in [2.45, 2.75) is 47.0 Å². The average Bonchev–Trinajstić information content (AvgIpc) is 2.37. The highest BCUT2D eigenvalue weighted by Gasteiger charge is 2.27. The first-order valence-corrected chi connectivity index (χ1v) is 9.26. The van der Waals surface area contributed by atoms with Crippen LogP contribution in [-0.4, -0.2) is 44.7 Å². The Morgan fingerprint density at radius 3 is 2.50 bits per heavy atom. The smallest absolute Gasteiger partial charge is 0.214 e. The van der Waals surface area contributed by atoms with Crippen molar-refractivity contribution < 1.29 is 8.42 Å². The predicted molar refractivity (Wildman–Crippen MR) is 85.3 cm³/mol. The van der Waals surface area contributed by atoms with E-state index >= 15 is 0 Å². The van der Waals surface area contributed by atoms with Crippen molar-refractivity contribution in [3.8, 4) is 0 Å². The Morgan fingerprint density at radius 1 is 1.30 bits per heavy atom. The van der Waals surface area contributed by atoms with E-state index in [1.165, 1.54) is 5.57 Å². The predicted octanol–water partition coefficient (Wildman–Crippen LogP) is 2.38. The van der Waals surface area contributed by atoms with E-state index in [0.717, 1.165) is 32.4 Å². The van der Waals surface area contributed by atoms with Gasteiger partial charge in [0.2, 0.25) is 10.0 Å². The fourth-order valence-electron chi connectivity index (χ4n) is 2.42. The summed E-state index contributed by atoms with van der Waals surface area (Å²) in [7, 11) is -3.08. The highest BCUT2D eigenvalue weighted by molar-refractivity contribution is 7.89. The number of nitrogens with zero attached hydrogens (tertiary/aromatic N) is 1. The van der Waals surface area contributed by atoms with Crippen LogP contribution < -0.4 is 5.32 Å². The SMILES string of the molecule is CCNCCCCS(=O)(=O)N1CC=C(C(C)(C)C)CC1. The second-order valence-electron chi connectivity index (χ2n) is 6.46. The Labute approximate surface area is 124 Å². The average molecular weight is 302 g/mol. The van der Waals surface area contributed by atoms with Crippen molar-refractivity contribution in [1.82, 2.24) is 9.62 Å². The Morgan fingerprint density at radius 2 is 2.00 bits per heavy atom. The van der Waals surface area contributed by atoms with Crippen LogP contribution in [0, 0.1) is 5.41 Å². The van der Waals surface area contributed by atoms with Crippen LogP contribution in [0.1, 0.15) is 47.0 Å². The summed E-state index contributed by atoms with van der Waals surface area (Å²) in [6, 6.07) is 0. The second kappa shape index (κ2) is 7.57. The first-order valence-electron chi connectivity index (χ1n) is 7.65. The quantitative estimate of drug-likeness (QED) is 0.580. The largest absolute Gasteiger partial charge is 0.317 e. The molecule has 0 unspecified atom stereocenters. The molecule has 20 heavy (non-hydrogen) atoms. The van der Waals surface area contributed by atoms with Gasteiger partial charge in [-0.3, -0.25) is 0 Å². The number of hydrogen-bond acceptors (Lipinski definition) is 3. The van der Waals surface area contributed by atoms with E-state index in [0.29, 0.717) is 13.1 Å². The summed E-state index contributed by atoms with van der Waals surface area (Å²) in [6.45, 7) is 11.6. The summed E-state index contributed by atoms with van der Waals surface area (Å²) in [5.41, 5.74) is 1.53. The van der Waals surface area contributed by atoms with Crippen molar-refractivity contribution in [2.24, 2.45) is 5.41 Å². The van der Waals surface area contributed by atoms with Crippen molar-refractivity contribution in [3.05, 3.63) is 11.6 Å². The molecule has 0 fully saturated rings. The molecule has 0 saturated heterocycles. The van der Waals surface area contributed by atoms with E-state index in [-0.39, 0.29) is 11.2 Å². The van der Waals surface area contributed by atoms with Crippen LogP contribution in [0.5, 0.6) is 0 Å². The molecule has 1 N–H and O–H groups in total. The van der Waals surface area contributed by atoms with Gasteiger partial charge in [-0.05, 0) is 37.8 Å². The van der Waals surface area contributed by atoms with Gasteiger partial charge in [0.15, 0.2) is 0 Å². The van der Waals surface area contributed by atoms with Gasteiger partial charge >= 0.3 is 0 Å². The molecule has 1 rings (SSSR count). The molecule has 4 nitrogen and oxygen atoms in total. The summed E-state index contributed by atoms with van der Waals surface area (Å²) in [4.78, 5) is 0. The fourth-order valence-corrected chi connectivity index (χ4v) is 3.92. The summed E-state index contributed by atoms with van der Waals surface area (Å²) < 4.78 is 26.1. The number of rotatable bonds is 7. The van der Waals surface area contributed by atoms with Gasteiger partial charge in [0, 0.05) is 13.1 Å². The van der Waals surface area contributed by atoms with Gasteiger partial charge in [0.25, 0.3) is 0 Å². The Kier molecular flexibility index (Phi) is 6.69. The van der Waals surface area contributed by atoms with E-state index in [2.05, 4.69) is 39.1 Å². The summed E-state index contributed by atoms with van der Waals surface area (Å²) in [6.07, 6.45) is 4.62. The molecule has 1 aliphatic rings. The molecular weight excluding hydrogens is 272 g/mol. The molecule has 0 radical (unpaired) electrons. The fraction of sp³-hybridized carbons (Fsp3) is 0.867. The molecule has 0 aromatic heterocycles. The molecule has 1 heterocycles. The van der Waals surface area contributed by atoms with Crippen LogP contribution in [0.15, 0.2) is 11.6 Å². The molecule has 0 aromatic rings. The Balaban J connectivity index is 2.45. The van der Waals surface area contributed by atoms with E-state index in [9.17, 15) is 8.42 Å². The normalized spacial score (nSPS) is 18.1. The maximum Gasteiger partial charge on any atom is 0.214 e. The molecule has 0 saturated carbocycles. The molecule has 0 aromatic carbocycles. The van der Waals surface area contributed by atoms with Crippen LogP contribution in [0.3, 0.4) is 0 Å². The zero-order valence-corrected chi connectivity index (χ0v) is 14.2. The van der Waals surface area contributed by atoms with Crippen LogP contribution in [0.4, 0.5) is 0 Å². The summed E-state index contributed by atoms with van der Waals surface area (Å²) >= 11 is 0. The molecular formula is C15H30N2O2S. The third kappa shape index (κ3) is 5.54. The van der Waals surface area contributed by atoms with Gasteiger partial charge in [-0.25, -0.2) is 8.42 Å². The molecule has 0 atom stereocenters. The van der Waals surface area contributed by atoms with Crippen LogP contribution in [0.2, 0.25) is 0 Å². The van der Waals surface area contributed by atoms with Gasteiger partial charge in [0.05, 0.1) is 5.75 Å². The maximum absolute atomic E-state index is 12.3. The minimum absolute atomic E-state index is 0.154. The van der Waals surface area contributed by atoms with Crippen molar-refractivity contribution >= 4 is 10.0 Å². The van der Waals surface area contributed by atoms with E-state index in [1.807, 2.05) is 0 Å². The van der Waals surface area contributed by atoms with Crippen LogP contribution >= 0.6 is 0 Å². The first-order chi connectivity index (χ1) is 9.27. The first kappa shape index (κ1) is 17.7. The van der Waals surface area contributed by atoms with Gasteiger partial charge in [-0.2, -0.15) is 4.31 Å². The zero-order valence-electron chi connectivity index (χ0n) is 13.4. The second-order valence-corrected chi connectivity index (χ2v) is 8.55. The third-order valence-corrected chi connectivity index (χ3v) is 5.71. The monoisotopic (exact) mass is 302 g/mol. The molecule has 0 aliphatic carbocycles. The standard InChI is InChI=1S/C15H30N2O2S/c1-5-16-10-6-7-13-20(18,19)17-11-8-14(9-12-17)15(2,3)4/h8,16H,5-7,9-13H2,1-4H3. The van der Waals surface area contributed by atoms with E-state index in [4.69, 9.17) is 0 Å². The highest BCUT2D eigenvalue weighted by atomic mass is 32.2. The number of hydrogen-bond donors (Lipinski definition) is 1. The Bertz CT molecular complexity index is 422. The van der Waals surface area contributed by atoms with Crippen LogP contribution in [-0.2, 0) is 10.0 Å². The number of nitrogens with one attached hydrogen (secondary N) is 1. The summed E-state index contributed by atoms with van der Waals surface area (Å²) in [5.74, 6) is 0.275. The highest BCUT2D eigenvalue weighted by Crippen LogP contribution is 2.30. The van der Waals surface area contributed by atoms with Gasteiger partial charge in [0.1, 0.15) is 0 Å². The van der Waals surface area contributed by atoms with Crippen molar-refractivity contribution in [2.75, 3.05) is 31.9 Å². The maximum atomic E-state index is 12.3. The minimum atomic E-state index is -3.08. The molecule has 118 valence electrons. The lowest BCUT2D eigenvalue weighted by atomic mass is 9.83. The lowest BCUT2D eigenvalue weighted by Crippen LogP contribution is -2.37. The molecule has 1 aliphatic heterocycles. The lowest BCUT2D eigenvalue weighted by molar-refractivity contribution is 0.389. The van der Waals surface area contributed by atoms with E-state index < -0.39 is 10.0 Å². The topological polar surface area (TPSA) is 49.4 Å². The molecule has 0 bridgehead atoms. The number of unbranched alkanes of at least 4 members (excludes halogenated alkanes) is 1. The minimum Gasteiger partial charge on any atom is -0.317 e. The molecule has 0 amide bonds.